The molecule has 74 heavy (non-hydrogen) atoms. The molecule has 10 aromatic rings. The molecular formula is C64H64N4O4Si2. The summed E-state index contributed by atoms with van der Waals surface area (Å²) in [4.78, 5) is 27.3. The van der Waals surface area contributed by atoms with Crippen LogP contribution in [0.5, 0.6) is 11.5 Å². The van der Waals surface area contributed by atoms with Crippen LogP contribution in [0.2, 0.25) is 10.1 Å². The summed E-state index contributed by atoms with van der Waals surface area (Å²) in [7, 11) is -5.61. The number of benzene rings is 8. The number of hydrogen-bond donors (Lipinski definition) is 1. The van der Waals surface area contributed by atoms with Gasteiger partial charge >= 0.3 is 16.6 Å². The van der Waals surface area contributed by atoms with Gasteiger partial charge in [-0.1, -0.05) is 237 Å². The van der Waals surface area contributed by atoms with Gasteiger partial charge in [-0.15, -0.1) is 0 Å². The van der Waals surface area contributed by atoms with Crippen molar-refractivity contribution in [2.24, 2.45) is 5.92 Å². The van der Waals surface area contributed by atoms with E-state index in [9.17, 15) is 9.59 Å². The summed E-state index contributed by atoms with van der Waals surface area (Å²) < 4.78 is 16.2. The molecule has 10 heteroatoms. The van der Waals surface area contributed by atoms with Crippen molar-refractivity contribution in [3.8, 4) is 11.5 Å². The first-order valence-electron chi connectivity index (χ1n) is 25.4. The highest BCUT2D eigenvalue weighted by Gasteiger charge is 2.53. The number of rotatable bonds is 14. The van der Waals surface area contributed by atoms with Crippen LogP contribution in [0.15, 0.2) is 218 Å². The maximum atomic E-state index is 13.9. The van der Waals surface area contributed by atoms with Crippen LogP contribution < -0.4 is 29.6 Å². The molecule has 0 bridgehead atoms. The van der Waals surface area contributed by atoms with Gasteiger partial charge in [-0.2, -0.15) is 10.2 Å². The second-order valence-electron chi connectivity index (χ2n) is 21.3. The third-order valence-corrected chi connectivity index (χ3v) is 23.6. The van der Waals surface area contributed by atoms with Crippen LogP contribution in [0, 0.1) is 5.92 Å². The quantitative estimate of drug-likeness (QED) is 0.0861. The fraction of sp³-hybridized carbons (Fsp3) is 0.188. The van der Waals surface area contributed by atoms with Gasteiger partial charge < -0.3 is 8.85 Å². The SMILES string of the molecule is CC(C)(C)[Si](Oc1cccc(C(=O)c2n[nH]c3ccccc23)c1)(c1ccccc1)c1ccccc1.CC(C)Cn1nc(C(=O)c2cccc(O[Si](c3ccccc3)(c3ccccc3)C(C)(C)C)c2)c2ccccc21. The predicted molar refractivity (Wildman–Crippen MR) is 307 cm³/mol. The molecule has 0 aliphatic rings. The highest BCUT2D eigenvalue weighted by molar-refractivity contribution is 7.00. The molecule has 0 saturated heterocycles. The van der Waals surface area contributed by atoms with E-state index < -0.39 is 16.6 Å². The Morgan fingerprint density at radius 3 is 1.31 bits per heavy atom. The summed E-state index contributed by atoms with van der Waals surface area (Å²) in [5, 5.41) is 18.1. The number of para-hydroxylation sites is 2. The van der Waals surface area contributed by atoms with Crippen molar-refractivity contribution in [3.63, 3.8) is 0 Å². The second kappa shape index (κ2) is 21.3. The van der Waals surface area contributed by atoms with Crippen molar-refractivity contribution in [2.45, 2.75) is 72.0 Å². The lowest BCUT2D eigenvalue weighted by Crippen LogP contribution is -2.68. The Bertz CT molecular complexity index is 3450. The van der Waals surface area contributed by atoms with Crippen LogP contribution in [-0.4, -0.2) is 48.2 Å². The van der Waals surface area contributed by atoms with E-state index in [-0.39, 0.29) is 21.6 Å². The lowest BCUT2D eigenvalue weighted by atomic mass is 10.1. The van der Waals surface area contributed by atoms with Crippen LogP contribution in [0.4, 0.5) is 0 Å². The predicted octanol–water partition coefficient (Wildman–Crippen LogP) is 12.6. The van der Waals surface area contributed by atoms with Crippen LogP contribution in [0.25, 0.3) is 21.8 Å². The van der Waals surface area contributed by atoms with Gasteiger partial charge in [-0.25, -0.2) is 0 Å². The molecule has 2 aromatic heterocycles. The minimum Gasteiger partial charge on any atom is -0.534 e. The number of hydrogen-bond acceptors (Lipinski definition) is 6. The molecule has 10 rings (SSSR count). The number of ketones is 2. The molecule has 0 aliphatic heterocycles. The summed E-state index contributed by atoms with van der Waals surface area (Å²) in [5.41, 5.74) is 3.85. The zero-order valence-electron chi connectivity index (χ0n) is 43.5. The lowest BCUT2D eigenvalue weighted by Gasteiger charge is -2.43. The Balaban J connectivity index is 0.000000183. The number of carbonyl (C=O) groups excluding carboxylic acids is 2. The molecule has 0 unspecified atom stereocenters. The maximum Gasteiger partial charge on any atom is 0.319 e. The van der Waals surface area contributed by atoms with Gasteiger partial charge in [0.25, 0.3) is 0 Å². The van der Waals surface area contributed by atoms with Crippen LogP contribution in [-0.2, 0) is 6.54 Å². The number of fused-ring (bicyclic) bond motifs is 2. The monoisotopic (exact) mass is 1010 g/mol. The number of nitrogens with one attached hydrogen (secondary N) is 1. The van der Waals surface area contributed by atoms with E-state index in [1.807, 2.05) is 126 Å². The van der Waals surface area contributed by atoms with E-state index in [0.29, 0.717) is 39.9 Å². The molecule has 2 heterocycles. The molecule has 372 valence electrons. The summed E-state index contributed by atoms with van der Waals surface area (Å²) in [5.74, 6) is 1.57. The van der Waals surface area contributed by atoms with Gasteiger partial charge in [-0.05, 0) is 73.1 Å². The molecule has 0 radical (unpaired) electrons. The van der Waals surface area contributed by atoms with Crippen molar-refractivity contribution in [3.05, 3.63) is 241 Å². The minimum absolute atomic E-state index is 0.0957. The van der Waals surface area contributed by atoms with E-state index in [1.54, 1.807) is 0 Å². The molecule has 0 spiro atoms. The highest BCUT2D eigenvalue weighted by Crippen LogP contribution is 2.39. The molecule has 0 saturated carbocycles. The van der Waals surface area contributed by atoms with Crippen LogP contribution >= 0.6 is 0 Å². The minimum atomic E-state index is -2.82. The van der Waals surface area contributed by atoms with E-state index in [0.717, 1.165) is 28.4 Å². The topological polar surface area (TPSA) is 99.1 Å². The molecular weight excluding hydrogens is 945 g/mol. The van der Waals surface area contributed by atoms with Gasteiger partial charge in [0.1, 0.15) is 22.9 Å². The molecule has 0 aliphatic carbocycles. The Morgan fingerprint density at radius 1 is 0.486 bits per heavy atom. The van der Waals surface area contributed by atoms with Crippen LogP contribution in [0.1, 0.15) is 87.5 Å². The highest BCUT2D eigenvalue weighted by atomic mass is 28.4. The lowest BCUT2D eigenvalue weighted by molar-refractivity contribution is 0.102. The van der Waals surface area contributed by atoms with Crippen LogP contribution in [0.3, 0.4) is 0 Å². The smallest absolute Gasteiger partial charge is 0.319 e. The Morgan fingerprint density at radius 2 is 0.878 bits per heavy atom. The van der Waals surface area contributed by atoms with Crippen molar-refractivity contribution in [2.75, 3.05) is 0 Å². The third kappa shape index (κ3) is 10.1. The molecule has 1 N–H and O–H groups in total. The van der Waals surface area contributed by atoms with Gasteiger partial charge in [0.05, 0.1) is 11.0 Å². The molecule has 8 nitrogen and oxygen atoms in total. The van der Waals surface area contributed by atoms with E-state index in [4.69, 9.17) is 14.0 Å². The standard InChI is InChI=1S/C34H36N2O2Si.C30H28N2O2Si/c1-25(2)24-36-31-22-13-12-21-30(31)32(35-36)33(37)26-15-14-16-27(23-26)38-39(34(3,4)5,28-17-8-6-9-18-28)29-19-10-7-11-20-29;1-30(2,3)35(24-15-6-4-7-16-24,25-17-8-5-9-18-25)34-23-14-12-13-22(21-23)29(33)28-26-19-10-11-20-27(26)31-32-28/h6-23,25H,24H2,1-5H3;4-21H,1-3H3,(H,31,32). The average molecular weight is 1010 g/mol. The summed E-state index contributed by atoms with van der Waals surface area (Å²) in [6.07, 6.45) is 0. The second-order valence-corrected chi connectivity index (χ2v) is 29.7. The van der Waals surface area contributed by atoms with Crippen molar-refractivity contribution in [1.82, 2.24) is 20.0 Å². The first-order chi connectivity index (χ1) is 35.6. The molecule has 8 aromatic carbocycles. The molecule has 0 atom stereocenters. The number of nitrogens with zero attached hydrogens (tertiary/aromatic N) is 3. The summed E-state index contributed by atoms with van der Waals surface area (Å²) in [6, 6.07) is 72.8. The Labute approximate surface area is 437 Å². The van der Waals surface area contributed by atoms with Gasteiger partial charge in [-0.3, -0.25) is 19.4 Å². The molecule has 0 amide bonds. The fourth-order valence-electron chi connectivity index (χ4n) is 10.2. The average Bonchev–Trinajstić information content (AvgIpc) is 4.02. The normalized spacial score (nSPS) is 12.1. The zero-order chi connectivity index (χ0) is 52.1. The Hall–Kier alpha value is -7.93. The summed E-state index contributed by atoms with van der Waals surface area (Å²) in [6.45, 7) is 18.5. The van der Waals surface area contributed by atoms with E-state index in [2.05, 4.69) is 163 Å². The van der Waals surface area contributed by atoms with Gasteiger partial charge in [0.2, 0.25) is 11.6 Å². The number of H-pyrrole nitrogens is 1. The largest absolute Gasteiger partial charge is 0.534 e. The maximum absolute atomic E-state index is 13.9. The number of carbonyl (C=O) groups is 2. The van der Waals surface area contributed by atoms with Gasteiger partial charge in [0.15, 0.2) is 0 Å². The summed E-state index contributed by atoms with van der Waals surface area (Å²) >= 11 is 0. The van der Waals surface area contributed by atoms with Crippen molar-refractivity contribution < 1.29 is 18.4 Å². The number of aromatic amines is 1. The van der Waals surface area contributed by atoms with E-state index in [1.165, 1.54) is 20.7 Å². The first-order valence-corrected chi connectivity index (χ1v) is 29.2. The number of aromatic nitrogens is 4. The zero-order valence-corrected chi connectivity index (χ0v) is 45.5. The third-order valence-electron chi connectivity index (χ3n) is 13.7. The van der Waals surface area contributed by atoms with Crippen molar-refractivity contribution >= 4 is 70.8 Å². The van der Waals surface area contributed by atoms with E-state index >= 15 is 0 Å². The van der Waals surface area contributed by atoms with Crippen molar-refractivity contribution in [1.29, 1.82) is 0 Å². The fourth-order valence-corrected chi connectivity index (χ4v) is 19.1. The van der Waals surface area contributed by atoms with Gasteiger partial charge in [0, 0.05) is 28.4 Å². The Kier molecular flexibility index (Phi) is 14.7. The first kappa shape index (κ1) is 51.0. The molecule has 0 fully saturated rings.